The maximum Gasteiger partial charge on any atom is 0.124 e. The Morgan fingerprint density at radius 1 is 1.33 bits per heavy atom. The number of aromatic nitrogens is 2. The van der Waals surface area contributed by atoms with Crippen molar-refractivity contribution in [3.8, 4) is 10.6 Å². The minimum absolute atomic E-state index is 0.215. The highest BCUT2D eigenvalue weighted by molar-refractivity contribution is 7.22. The molecule has 0 aliphatic carbocycles. The van der Waals surface area contributed by atoms with Crippen LogP contribution < -0.4 is 5.73 Å². The second kappa shape index (κ2) is 3.81. The van der Waals surface area contributed by atoms with Crippen LogP contribution in [0.4, 0.5) is 10.2 Å². The van der Waals surface area contributed by atoms with Crippen molar-refractivity contribution in [3.63, 3.8) is 0 Å². The van der Waals surface area contributed by atoms with Gasteiger partial charge < -0.3 is 5.73 Å². The van der Waals surface area contributed by atoms with E-state index in [1.807, 2.05) is 20.0 Å². The summed E-state index contributed by atoms with van der Waals surface area (Å²) in [5, 5.41) is 5.43. The molecule has 0 saturated heterocycles. The van der Waals surface area contributed by atoms with Gasteiger partial charge in [0, 0.05) is 17.3 Å². The van der Waals surface area contributed by atoms with Crippen molar-refractivity contribution < 1.29 is 4.39 Å². The molecule has 0 unspecified atom stereocenters. The molecule has 3 rings (SSSR count). The van der Waals surface area contributed by atoms with Crippen molar-refractivity contribution in [2.45, 2.75) is 6.92 Å². The highest BCUT2D eigenvalue weighted by Gasteiger charge is 2.14. The van der Waals surface area contributed by atoms with Gasteiger partial charge in [-0.1, -0.05) is 6.07 Å². The molecule has 0 aliphatic heterocycles. The molecule has 0 amide bonds. The van der Waals surface area contributed by atoms with Crippen LogP contribution in [0.5, 0.6) is 0 Å². The third-order valence-corrected chi connectivity index (χ3v) is 4.16. The summed E-state index contributed by atoms with van der Waals surface area (Å²) in [6, 6.07) is 6.82. The van der Waals surface area contributed by atoms with Crippen LogP contribution in [-0.2, 0) is 7.05 Å². The van der Waals surface area contributed by atoms with E-state index < -0.39 is 0 Å². The van der Waals surface area contributed by atoms with Crippen LogP contribution in [-0.4, -0.2) is 9.78 Å². The molecule has 3 aromatic rings. The number of hydrogen-bond donors (Lipinski definition) is 1. The number of halogens is 1. The standard InChI is InChI=1S/C13H12FN3S/c1-7-12(16-17(2)13(7)15)11-5-8-3-4-9(14)6-10(8)18-11/h3-6H,15H2,1-2H3. The van der Waals surface area contributed by atoms with Crippen molar-refractivity contribution in [2.24, 2.45) is 7.05 Å². The third-order valence-electron chi connectivity index (χ3n) is 3.05. The van der Waals surface area contributed by atoms with E-state index in [1.165, 1.54) is 17.4 Å². The van der Waals surface area contributed by atoms with Crippen molar-refractivity contribution in [3.05, 3.63) is 35.6 Å². The van der Waals surface area contributed by atoms with E-state index in [9.17, 15) is 4.39 Å². The number of aryl methyl sites for hydroxylation is 1. The highest BCUT2D eigenvalue weighted by Crippen LogP contribution is 2.35. The van der Waals surface area contributed by atoms with E-state index in [0.29, 0.717) is 5.82 Å². The monoisotopic (exact) mass is 261 g/mol. The predicted molar refractivity (Wildman–Crippen MR) is 73.1 cm³/mol. The molecular weight excluding hydrogens is 249 g/mol. The number of rotatable bonds is 1. The molecule has 0 bridgehead atoms. The lowest BCUT2D eigenvalue weighted by atomic mass is 10.2. The maximum atomic E-state index is 13.2. The van der Waals surface area contributed by atoms with Crippen molar-refractivity contribution >= 4 is 27.2 Å². The largest absolute Gasteiger partial charge is 0.384 e. The van der Waals surface area contributed by atoms with Gasteiger partial charge in [0.2, 0.25) is 0 Å². The Kier molecular flexibility index (Phi) is 2.38. The first-order chi connectivity index (χ1) is 8.56. The molecule has 3 nitrogen and oxygen atoms in total. The van der Waals surface area contributed by atoms with Crippen LogP contribution in [0, 0.1) is 12.7 Å². The smallest absolute Gasteiger partial charge is 0.124 e. The summed E-state index contributed by atoms with van der Waals surface area (Å²) in [4.78, 5) is 1.01. The number of nitrogens with zero attached hydrogens (tertiary/aromatic N) is 2. The van der Waals surface area contributed by atoms with Gasteiger partial charge in [-0.25, -0.2) is 4.39 Å². The van der Waals surface area contributed by atoms with Gasteiger partial charge in [-0.05, 0) is 30.5 Å². The van der Waals surface area contributed by atoms with Gasteiger partial charge in [-0.15, -0.1) is 11.3 Å². The maximum absolute atomic E-state index is 13.2. The average Bonchev–Trinajstić information content (AvgIpc) is 2.85. The van der Waals surface area contributed by atoms with Gasteiger partial charge in [0.1, 0.15) is 17.3 Å². The van der Waals surface area contributed by atoms with Crippen LogP contribution >= 0.6 is 11.3 Å². The van der Waals surface area contributed by atoms with E-state index in [-0.39, 0.29) is 5.82 Å². The number of nitrogen functional groups attached to an aromatic ring is 1. The number of thiophene rings is 1. The van der Waals surface area contributed by atoms with Crippen LogP contribution in [0.25, 0.3) is 20.7 Å². The fourth-order valence-corrected chi connectivity index (χ4v) is 3.13. The summed E-state index contributed by atoms with van der Waals surface area (Å²) >= 11 is 1.53. The summed E-state index contributed by atoms with van der Waals surface area (Å²) in [7, 11) is 1.82. The number of fused-ring (bicyclic) bond motifs is 1. The molecule has 0 fully saturated rings. The minimum Gasteiger partial charge on any atom is -0.384 e. The lowest BCUT2D eigenvalue weighted by molar-refractivity contribution is 0.630. The fourth-order valence-electron chi connectivity index (χ4n) is 2.00. The first kappa shape index (κ1) is 11.2. The zero-order chi connectivity index (χ0) is 12.9. The van der Waals surface area contributed by atoms with E-state index >= 15 is 0 Å². The Balaban J connectivity index is 2.22. The van der Waals surface area contributed by atoms with Crippen molar-refractivity contribution in [2.75, 3.05) is 5.73 Å². The number of anilines is 1. The molecule has 0 aliphatic rings. The molecule has 2 N–H and O–H groups in total. The van der Waals surface area contributed by atoms with Gasteiger partial charge >= 0.3 is 0 Å². The fraction of sp³-hybridized carbons (Fsp3) is 0.154. The molecule has 5 heteroatoms. The SMILES string of the molecule is Cc1c(-c2cc3ccc(F)cc3s2)nn(C)c1N. The van der Waals surface area contributed by atoms with Gasteiger partial charge in [-0.3, -0.25) is 4.68 Å². The van der Waals surface area contributed by atoms with E-state index in [0.717, 1.165) is 26.2 Å². The third kappa shape index (κ3) is 1.59. The van der Waals surface area contributed by atoms with Crippen molar-refractivity contribution in [1.82, 2.24) is 9.78 Å². The Labute approximate surface area is 108 Å². The zero-order valence-corrected chi connectivity index (χ0v) is 10.9. The highest BCUT2D eigenvalue weighted by atomic mass is 32.1. The quantitative estimate of drug-likeness (QED) is 0.730. The summed E-state index contributed by atoms with van der Waals surface area (Å²) in [5.74, 6) is 0.446. The molecular formula is C13H12FN3S. The van der Waals surface area contributed by atoms with Crippen LogP contribution in [0.3, 0.4) is 0 Å². The van der Waals surface area contributed by atoms with Gasteiger partial charge in [0.05, 0.1) is 4.88 Å². The van der Waals surface area contributed by atoms with Crippen LogP contribution in [0.2, 0.25) is 0 Å². The Morgan fingerprint density at radius 2 is 2.11 bits per heavy atom. The van der Waals surface area contributed by atoms with Crippen LogP contribution in [0.1, 0.15) is 5.56 Å². The van der Waals surface area contributed by atoms with E-state index in [4.69, 9.17) is 5.73 Å². The molecule has 1 aromatic carbocycles. The lowest BCUT2D eigenvalue weighted by Gasteiger charge is -1.92. The number of nitrogens with two attached hydrogens (primary N) is 1. The Bertz CT molecular complexity index is 742. The number of benzene rings is 1. The zero-order valence-electron chi connectivity index (χ0n) is 10.1. The van der Waals surface area contributed by atoms with E-state index in [1.54, 1.807) is 16.8 Å². The second-order valence-electron chi connectivity index (χ2n) is 4.28. The van der Waals surface area contributed by atoms with Gasteiger partial charge in [0.25, 0.3) is 0 Å². The molecule has 0 spiro atoms. The Morgan fingerprint density at radius 3 is 2.78 bits per heavy atom. The topological polar surface area (TPSA) is 43.8 Å². The molecule has 0 atom stereocenters. The molecule has 2 heterocycles. The molecule has 2 aromatic heterocycles. The summed E-state index contributed by atoms with van der Waals surface area (Å²) in [6.07, 6.45) is 0. The summed E-state index contributed by atoms with van der Waals surface area (Å²) in [5.41, 5.74) is 7.74. The van der Waals surface area contributed by atoms with Crippen molar-refractivity contribution in [1.29, 1.82) is 0 Å². The predicted octanol–water partition coefficient (Wildman–Crippen LogP) is 3.33. The first-order valence-electron chi connectivity index (χ1n) is 5.55. The average molecular weight is 261 g/mol. The molecule has 0 radical (unpaired) electrons. The molecule has 0 saturated carbocycles. The second-order valence-corrected chi connectivity index (χ2v) is 5.36. The number of hydrogen-bond acceptors (Lipinski definition) is 3. The van der Waals surface area contributed by atoms with Gasteiger partial charge in [0.15, 0.2) is 0 Å². The minimum atomic E-state index is -0.215. The summed E-state index contributed by atoms with van der Waals surface area (Å²) in [6.45, 7) is 1.95. The first-order valence-corrected chi connectivity index (χ1v) is 6.36. The van der Waals surface area contributed by atoms with E-state index in [2.05, 4.69) is 5.10 Å². The summed E-state index contributed by atoms with van der Waals surface area (Å²) < 4.78 is 15.7. The Hall–Kier alpha value is -1.88. The lowest BCUT2D eigenvalue weighted by Crippen LogP contribution is -1.97. The van der Waals surface area contributed by atoms with Crippen LogP contribution in [0.15, 0.2) is 24.3 Å². The van der Waals surface area contributed by atoms with Gasteiger partial charge in [-0.2, -0.15) is 5.10 Å². The molecule has 18 heavy (non-hydrogen) atoms. The molecule has 92 valence electrons. The normalized spacial score (nSPS) is 11.3.